The number of piperidine rings is 1. The third kappa shape index (κ3) is 4.30. The number of benzene rings is 1. The number of carbonyl (C=O) groups excluding carboxylic acids is 1. The van der Waals surface area contributed by atoms with Gasteiger partial charge >= 0.3 is 0 Å². The van der Waals surface area contributed by atoms with E-state index in [-0.39, 0.29) is 5.91 Å². The van der Waals surface area contributed by atoms with Crippen molar-refractivity contribution in [2.75, 3.05) is 32.0 Å². The Bertz CT molecular complexity index is 470. The molecular formula is C15H22BrN3O. The van der Waals surface area contributed by atoms with Crippen LogP contribution in [0.15, 0.2) is 22.7 Å². The number of carbonyl (C=O) groups is 1. The van der Waals surface area contributed by atoms with Crippen molar-refractivity contribution in [3.63, 3.8) is 0 Å². The first-order valence-electron chi connectivity index (χ1n) is 7.04. The predicted octanol–water partition coefficient (Wildman–Crippen LogP) is 2.38. The second-order valence-electron chi connectivity index (χ2n) is 5.35. The van der Waals surface area contributed by atoms with Crippen molar-refractivity contribution >= 4 is 27.5 Å². The van der Waals surface area contributed by atoms with E-state index in [1.165, 1.54) is 0 Å². The first-order chi connectivity index (χ1) is 9.58. The molecule has 2 N–H and O–H groups in total. The summed E-state index contributed by atoms with van der Waals surface area (Å²) >= 11 is 3.46. The van der Waals surface area contributed by atoms with Gasteiger partial charge in [0.2, 0.25) is 5.91 Å². The fourth-order valence-electron chi connectivity index (χ4n) is 2.51. The Labute approximate surface area is 129 Å². The van der Waals surface area contributed by atoms with Gasteiger partial charge in [0.15, 0.2) is 0 Å². The van der Waals surface area contributed by atoms with Crippen molar-refractivity contribution in [2.45, 2.75) is 25.8 Å². The number of hydrogen-bond acceptors (Lipinski definition) is 3. The van der Waals surface area contributed by atoms with E-state index in [2.05, 4.69) is 31.5 Å². The van der Waals surface area contributed by atoms with Crippen molar-refractivity contribution in [3.8, 4) is 0 Å². The van der Waals surface area contributed by atoms with Crippen LogP contribution in [0.25, 0.3) is 0 Å². The van der Waals surface area contributed by atoms with Crippen LogP contribution in [0.1, 0.15) is 18.4 Å². The zero-order valence-corrected chi connectivity index (χ0v) is 13.7. The molecule has 0 unspecified atom stereocenters. The molecule has 1 aliphatic rings. The van der Waals surface area contributed by atoms with E-state index in [9.17, 15) is 4.79 Å². The molecule has 110 valence electrons. The Morgan fingerprint density at radius 1 is 1.40 bits per heavy atom. The number of aryl methyl sites for hydroxylation is 1. The zero-order valence-electron chi connectivity index (χ0n) is 12.1. The first kappa shape index (κ1) is 15.5. The summed E-state index contributed by atoms with van der Waals surface area (Å²) in [5.74, 6) is 0.0645. The molecule has 0 atom stereocenters. The molecule has 0 radical (unpaired) electrons. The monoisotopic (exact) mass is 339 g/mol. The minimum atomic E-state index is 0.0645. The molecule has 1 aromatic rings. The van der Waals surface area contributed by atoms with Crippen LogP contribution in [0.3, 0.4) is 0 Å². The molecule has 4 nitrogen and oxygen atoms in total. The lowest BCUT2D eigenvalue weighted by Gasteiger charge is -2.31. The highest BCUT2D eigenvalue weighted by atomic mass is 79.9. The van der Waals surface area contributed by atoms with Gasteiger partial charge in [-0.1, -0.05) is 15.9 Å². The molecular weight excluding hydrogens is 318 g/mol. The number of nitrogens with zero attached hydrogens (tertiary/aromatic N) is 1. The fourth-order valence-corrected chi connectivity index (χ4v) is 2.75. The van der Waals surface area contributed by atoms with Crippen LogP contribution in [0, 0.1) is 6.92 Å². The summed E-state index contributed by atoms with van der Waals surface area (Å²) in [6.45, 7) is 4.46. The number of anilines is 1. The van der Waals surface area contributed by atoms with Crippen LogP contribution >= 0.6 is 15.9 Å². The summed E-state index contributed by atoms with van der Waals surface area (Å²) in [6, 6.07) is 6.46. The van der Waals surface area contributed by atoms with Crippen LogP contribution in [0.2, 0.25) is 0 Å². The van der Waals surface area contributed by atoms with Gasteiger partial charge in [0.25, 0.3) is 0 Å². The Balaban J connectivity index is 1.82. The van der Waals surface area contributed by atoms with Crippen molar-refractivity contribution < 1.29 is 4.79 Å². The third-order valence-electron chi connectivity index (χ3n) is 3.80. The first-order valence-corrected chi connectivity index (χ1v) is 7.83. The summed E-state index contributed by atoms with van der Waals surface area (Å²) in [5.41, 5.74) is 1.98. The van der Waals surface area contributed by atoms with E-state index in [0.717, 1.165) is 41.7 Å². The van der Waals surface area contributed by atoms with E-state index in [1.807, 2.05) is 32.2 Å². The van der Waals surface area contributed by atoms with Crippen molar-refractivity contribution in [1.82, 2.24) is 10.2 Å². The fraction of sp³-hybridized carbons (Fsp3) is 0.533. The summed E-state index contributed by atoms with van der Waals surface area (Å²) in [6.07, 6.45) is 2.22. The molecule has 1 aromatic carbocycles. The third-order valence-corrected chi connectivity index (χ3v) is 4.69. The molecule has 2 rings (SSSR count). The van der Waals surface area contributed by atoms with E-state index >= 15 is 0 Å². The number of likely N-dealkylation sites (tertiary alicyclic amines) is 1. The molecule has 5 heteroatoms. The molecule has 0 spiro atoms. The Kier molecular flexibility index (Phi) is 5.57. The average molecular weight is 340 g/mol. The lowest BCUT2D eigenvalue weighted by molar-refractivity contribution is -0.117. The minimum absolute atomic E-state index is 0.0645. The van der Waals surface area contributed by atoms with Crippen LogP contribution in [-0.4, -0.2) is 43.5 Å². The highest BCUT2D eigenvalue weighted by Crippen LogP contribution is 2.20. The quantitative estimate of drug-likeness (QED) is 0.885. The Morgan fingerprint density at radius 3 is 2.70 bits per heavy atom. The van der Waals surface area contributed by atoms with Crippen molar-refractivity contribution in [1.29, 1.82) is 0 Å². The molecule has 1 saturated heterocycles. The van der Waals surface area contributed by atoms with Crippen LogP contribution < -0.4 is 10.6 Å². The lowest BCUT2D eigenvalue weighted by atomic mass is 10.1. The van der Waals surface area contributed by atoms with E-state index in [4.69, 9.17) is 0 Å². The number of amides is 1. The van der Waals surface area contributed by atoms with E-state index in [1.54, 1.807) is 0 Å². The molecule has 1 aliphatic heterocycles. The van der Waals surface area contributed by atoms with Crippen molar-refractivity contribution in [3.05, 3.63) is 28.2 Å². The minimum Gasteiger partial charge on any atom is -0.325 e. The molecule has 1 heterocycles. The highest BCUT2D eigenvalue weighted by molar-refractivity contribution is 9.10. The van der Waals surface area contributed by atoms with Gasteiger partial charge in [-0.3, -0.25) is 9.69 Å². The predicted molar refractivity (Wildman–Crippen MR) is 86.0 cm³/mol. The second-order valence-corrected chi connectivity index (χ2v) is 6.21. The average Bonchev–Trinajstić information content (AvgIpc) is 2.44. The normalized spacial score (nSPS) is 17.1. The Morgan fingerprint density at radius 2 is 2.10 bits per heavy atom. The van der Waals surface area contributed by atoms with Crippen molar-refractivity contribution in [2.24, 2.45) is 0 Å². The molecule has 0 bridgehead atoms. The molecule has 20 heavy (non-hydrogen) atoms. The van der Waals surface area contributed by atoms with E-state index < -0.39 is 0 Å². The summed E-state index contributed by atoms with van der Waals surface area (Å²) in [7, 11) is 2.00. The summed E-state index contributed by atoms with van der Waals surface area (Å²) in [5, 5.41) is 6.26. The maximum absolute atomic E-state index is 12.0. The second kappa shape index (κ2) is 7.20. The maximum atomic E-state index is 12.0. The zero-order chi connectivity index (χ0) is 14.5. The largest absolute Gasteiger partial charge is 0.325 e. The highest BCUT2D eigenvalue weighted by Gasteiger charge is 2.19. The van der Waals surface area contributed by atoms with Gasteiger partial charge in [-0.05, 0) is 50.6 Å². The SMILES string of the molecule is CNC1CCN(CC(=O)Nc2ccc(Br)c(C)c2)CC1. The topological polar surface area (TPSA) is 44.4 Å². The Hall–Kier alpha value is -0.910. The van der Waals surface area contributed by atoms with Gasteiger partial charge in [0.1, 0.15) is 0 Å². The van der Waals surface area contributed by atoms with Gasteiger partial charge in [-0.2, -0.15) is 0 Å². The molecule has 0 aromatic heterocycles. The lowest BCUT2D eigenvalue weighted by Crippen LogP contribution is -2.44. The van der Waals surface area contributed by atoms with Crippen LogP contribution in [0.4, 0.5) is 5.69 Å². The number of rotatable bonds is 4. The standard InChI is InChI=1S/C15H22BrN3O/c1-11-9-13(3-4-14(11)16)18-15(20)10-19-7-5-12(17-2)6-8-19/h3-4,9,12,17H,5-8,10H2,1-2H3,(H,18,20). The van der Waals surface area contributed by atoms with Gasteiger partial charge in [0, 0.05) is 29.3 Å². The van der Waals surface area contributed by atoms with Gasteiger partial charge in [-0.25, -0.2) is 0 Å². The smallest absolute Gasteiger partial charge is 0.238 e. The van der Waals surface area contributed by atoms with Gasteiger partial charge < -0.3 is 10.6 Å². The number of hydrogen-bond donors (Lipinski definition) is 2. The van der Waals surface area contributed by atoms with Crippen LogP contribution in [0.5, 0.6) is 0 Å². The molecule has 1 amide bonds. The summed E-state index contributed by atoms with van der Waals surface area (Å²) < 4.78 is 1.06. The number of halogens is 1. The molecule has 0 aliphatic carbocycles. The van der Waals surface area contributed by atoms with Gasteiger partial charge in [-0.15, -0.1) is 0 Å². The maximum Gasteiger partial charge on any atom is 0.238 e. The number of nitrogens with one attached hydrogen (secondary N) is 2. The summed E-state index contributed by atoms with van der Waals surface area (Å²) in [4.78, 5) is 14.3. The van der Waals surface area contributed by atoms with Crippen LogP contribution in [-0.2, 0) is 4.79 Å². The van der Waals surface area contributed by atoms with Gasteiger partial charge in [0.05, 0.1) is 6.54 Å². The van der Waals surface area contributed by atoms with E-state index in [0.29, 0.717) is 12.6 Å². The molecule has 1 fully saturated rings. The molecule has 0 saturated carbocycles.